The Bertz CT molecular complexity index is 804. The molecule has 29 heavy (non-hydrogen) atoms. The smallest absolute Gasteiger partial charge is 0.404 e. The van der Waals surface area contributed by atoms with Gasteiger partial charge in [0.15, 0.2) is 0 Å². The Labute approximate surface area is 171 Å². The van der Waals surface area contributed by atoms with Crippen LogP contribution in [0.25, 0.3) is 0 Å². The number of rotatable bonds is 10. The molecule has 0 radical (unpaired) electrons. The van der Waals surface area contributed by atoms with Crippen LogP contribution in [0.2, 0.25) is 0 Å². The highest BCUT2D eigenvalue weighted by Gasteiger charge is 2.28. The molecule has 8 nitrogen and oxygen atoms in total. The van der Waals surface area contributed by atoms with E-state index in [-0.39, 0.29) is 5.41 Å². The first-order valence-electron chi connectivity index (χ1n) is 8.64. The largest absolute Gasteiger partial charge is 0.529 e. The number of hydrogen-bond donors (Lipinski definition) is 0. The standard InChI is InChI=1S/C19H26O8P2/c1-19(2,15-7-11-17(12-8-15)26-28(20,22-3)23-4)16-9-13-18(14-10-16)27-29(21,24-5)25-6/h7-14H,1-6H3. The van der Waals surface area contributed by atoms with Gasteiger partial charge in [0.1, 0.15) is 11.5 Å². The molecule has 0 unspecified atom stereocenters. The molecule has 2 aromatic rings. The molecular formula is C19H26O8P2. The normalized spacial score (nSPS) is 12.6. The van der Waals surface area contributed by atoms with Crippen LogP contribution in [-0.4, -0.2) is 28.4 Å². The third-order valence-corrected chi connectivity index (χ3v) is 7.14. The van der Waals surface area contributed by atoms with Crippen LogP contribution in [0, 0.1) is 0 Å². The summed E-state index contributed by atoms with van der Waals surface area (Å²) in [6, 6.07) is 14.3. The minimum atomic E-state index is -3.60. The molecule has 0 amide bonds. The van der Waals surface area contributed by atoms with Crippen molar-refractivity contribution in [1.29, 1.82) is 0 Å². The van der Waals surface area contributed by atoms with E-state index >= 15 is 0 Å². The van der Waals surface area contributed by atoms with Gasteiger partial charge >= 0.3 is 15.6 Å². The molecule has 160 valence electrons. The van der Waals surface area contributed by atoms with Gasteiger partial charge in [0, 0.05) is 33.9 Å². The first-order valence-corrected chi connectivity index (χ1v) is 11.6. The molecule has 0 saturated carbocycles. The molecule has 0 aliphatic heterocycles. The molecule has 0 N–H and O–H groups in total. The van der Waals surface area contributed by atoms with Gasteiger partial charge in [0.25, 0.3) is 0 Å². The van der Waals surface area contributed by atoms with Crippen LogP contribution in [0.4, 0.5) is 0 Å². The molecular weight excluding hydrogens is 418 g/mol. The maximum atomic E-state index is 12.1. The van der Waals surface area contributed by atoms with E-state index in [9.17, 15) is 9.13 Å². The van der Waals surface area contributed by atoms with Crippen molar-refractivity contribution in [1.82, 2.24) is 0 Å². The zero-order chi connectivity index (χ0) is 21.7. The van der Waals surface area contributed by atoms with Crippen LogP contribution in [0.15, 0.2) is 48.5 Å². The van der Waals surface area contributed by atoms with Crippen molar-refractivity contribution in [3.8, 4) is 11.5 Å². The van der Waals surface area contributed by atoms with E-state index in [2.05, 4.69) is 13.8 Å². The fourth-order valence-corrected chi connectivity index (χ4v) is 3.94. The molecule has 0 fully saturated rings. The number of benzene rings is 2. The molecule has 0 aromatic heterocycles. The fourth-order valence-electron chi connectivity index (χ4n) is 2.59. The van der Waals surface area contributed by atoms with Crippen LogP contribution in [0.3, 0.4) is 0 Å². The summed E-state index contributed by atoms with van der Waals surface area (Å²) in [6.45, 7) is 4.12. The lowest BCUT2D eigenvalue weighted by Crippen LogP contribution is -2.18. The van der Waals surface area contributed by atoms with E-state index in [0.717, 1.165) is 11.1 Å². The van der Waals surface area contributed by atoms with E-state index in [4.69, 9.17) is 27.1 Å². The maximum Gasteiger partial charge on any atom is 0.529 e. The predicted octanol–water partition coefficient (Wildman–Crippen LogP) is 5.57. The van der Waals surface area contributed by atoms with Gasteiger partial charge in [-0.15, -0.1) is 0 Å². The topological polar surface area (TPSA) is 89.5 Å². The SMILES string of the molecule is COP(=O)(OC)Oc1ccc(C(C)(C)c2ccc(OP(=O)(OC)OC)cc2)cc1. The Kier molecular flexibility index (Phi) is 7.68. The minimum Gasteiger partial charge on any atom is -0.404 e. The zero-order valence-electron chi connectivity index (χ0n) is 17.3. The first kappa shape index (κ1) is 23.6. The van der Waals surface area contributed by atoms with Gasteiger partial charge in [-0.05, 0) is 35.4 Å². The summed E-state index contributed by atoms with van der Waals surface area (Å²) in [5, 5.41) is 0. The van der Waals surface area contributed by atoms with Gasteiger partial charge in [0.05, 0.1) is 0 Å². The van der Waals surface area contributed by atoms with Crippen LogP contribution in [0.5, 0.6) is 11.5 Å². The molecule has 0 saturated heterocycles. The monoisotopic (exact) mass is 444 g/mol. The molecule has 0 heterocycles. The Hall–Kier alpha value is -1.66. The Morgan fingerprint density at radius 3 is 1.10 bits per heavy atom. The number of phosphoric acid groups is 2. The van der Waals surface area contributed by atoms with Crippen LogP contribution >= 0.6 is 15.6 Å². The summed E-state index contributed by atoms with van der Waals surface area (Å²) in [6.07, 6.45) is 0. The average molecular weight is 444 g/mol. The molecule has 0 atom stereocenters. The molecule has 2 rings (SSSR count). The molecule has 2 aromatic carbocycles. The summed E-state index contributed by atoms with van der Waals surface area (Å²) >= 11 is 0. The summed E-state index contributed by atoms with van der Waals surface area (Å²) in [7, 11) is -2.18. The second-order valence-corrected chi connectivity index (χ2v) is 10.1. The Morgan fingerprint density at radius 1 is 0.586 bits per heavy atom. The maximum absolute atomic E-state index is 12.1. The van der Waals surface area contributed by atoms with Gasteiger partial charge < -0.3 is 9.05 Å². The summed E-state index contributed by atoms with van der Waals surface area (Å²) in [5.41, 5.74) is 1.65. The lowest BCUT2D eigenvalue weighted by atomic mass is 9.78. The van der Waals surface area contributed by atoms with E-state index in [1.165, 1.54) is 28.4 Å². The molecule has 10 heteroatoms. The van der Waals surface area contributed by atoms with Crippen molar-refractivity contribution >= 4 is 15.6 Å². The first-order chi connectivity index (χ1) is 13.6. The quantitative estimate of drug-likeness (QED) is 0.439. The highest BCUT2D eigenvalue weighted by Crippen LogP contribution is 2.49. The Morgan fingerprint density at radius 2 is 0.862 bits per heavy atom. The summed E-state index contributed by atoms with van der Waals surface area (Å²) in [4.78, 5) is 0. The van der Waals surface area contributed by atoms with Crippen LogP contribution < -0.4 is 9.05 Å². The number of phosphoric ester groups is 2. The van der Waals surface area contributed by atoms with E-state index < -0.39 is 15.6 Å². The van der Waals surface area contributed by atoms with E-state index in [1.807, 2.05) is 24.3 Å². The molecule has 0 aliphatic carbocycles. The van der Waals surface area contributed by atoms with Crippen molar-refractivity contribution in [2.75, 3.05) is 28.4 Å². The lowest BCUT2D eigenvalue weighted by Gasteiger charge is -2.27. The van der Waals surface area contributed by atoms with Crippen LogP contribution in [-0.2, 0) is 32.6 Å². The highest BCUT2D eigenvalue weighted by atomic mass is 31.2. The van der Waals surface area contributed by atoms with Crippen LogP contribution in [0.1, 0.15) is 25.0 Å². The zero-order valence-corrected chi connectivity index (χ0v) is 19.1. The third-order valence-electron chi connectivity index (χ3n) is 4.48. The van der Waals surface area contributed by atoms with Crippen molar-refractivity contribution in [3.05, 3.63) is 59.7 Å². The van der Waals surface area contributed by atoms with Gasteiger partial charge in [-0.2, -0.15) is 0 Å². The van der Waals surface area contributed by atoms with Crippen molar-refractivity contribution in [3.63, 3.8) is 0 Å². The van der Waals surface area contributed by atoms with Gasteiger partial charge in [0.2, 0.25) is 0 Å². The summed E-state index contributed by atoms with van der Waals surface area (Å²) < 4.78 is 53.9. The Balaban J connectivity index is 2.20. The minimum absolute atomic E-state index is 0.352. The second kappa shape index (κ2) is 9.43. The van der Waals surface area contributed by atoms with Crippen molar-refractivity contribution < 1.29 is 36.3 Å². The van der Waals surface area contributed by atoms with Crippen molar-refractivity contribution in [2.45, 2.75) is 19.3 Å². The van der Waals surface area contributed by atoms with E-state index in [1.54, 1.807) is 24.3 Å². The highest BCUT2D eigenvalue weighted by molar-refractivity contribution is 7.49. The van der Waals surface area contributed by atoms with E-state index in [0.29, 0.717) is 11.5 Å². The number of hydrogen-bond acceptors (Lipinski definition) is 8. The lowest BCUT2D eigenvalue weighted by molar-refractivity contribution is 0.210. The summed E-state index contributed by atoms with van der Waals surface area (Å²) in [5.74, 6) is 0.741. The molecule has 0 aliphatic rings. The predicted molar refractivity (Wildman–Crippen MR) is 110 cm³/mol. The molecule has 0 bridgehead atoms. The fraction of sp³-hybridized carbons (Fsp3) is 0.368. The van der Waals surface area contributed by atoms with Gasteiger partial charge in [-0.1, -0.05) is 38.1 Å². The van der Waals surface area contributed by atoms with Crippen molar-refractivity contribution in [2.24, 2.45) is 0 Å². The average Bonchev–Trinajstić information content (AvgIpc) is 2.74. The molecule has 0 spiro atoms. The van der Waals surface area contributed by atoms with Gasteiger partial charge in [-0.3, -0.25) is 18.1 Å². The van der Waals surface area contributed by atoms with Gasteiger partial charge in [-0.25, -0.2) is 9.13 Å². The third kappa shape index (κ3) is 5.70. The second-order valence-electron chi connectivity index (χ2n) is 6.48.